The third-order valence-corrected chi connectivity index (χ3v) is 11.0. The molecule has 2 aromatic carbocycles. The lowest BCUT2D eigenvalue weighted by molar-refractivity contribution is -0.385. The fraction of sp³-hybridized carbons (Fsp3) is 0.472. The highest BCUT2D eigenvalue weighted by atomic mass is 79.9. The maximum atomic E-state index is 14.0. The van der Waals surface area contributed by atoms with Crippen molar-refractivity contribution in [1.29, 1.82) is 0 Å². The normalized spacial score (nSPS) is 31.4. The first-order valence-corrected chi connectivity index (χ1v) is 17.6. The smallest absolute Gasteiger partial charge is 0.412 e. The molecule has 2 fully saturated rings. The number of halogens is 2. The second-order valence-corrected chi connectivity index (χ2v) is 14.9. The van der Waals surface area contributed by atoms with Gasteiger partial charge in [0, 0.05) is 38.2 Å². The lowest BCUT2D eigenvalue weighted by Gasteiger charge is -2.41. The van der Waals surface area contributed by atoms with Crippen LogP contribution in [0.4, 0.5) is 21.9 Å². The lowest BCUT2D eigenvalue weighted by Crippen LogP contribution is -2.53. The predicted molar refractivity (Wildman–Crippen MR) is 193 cm³/mol. The molecule has 0 aromatic heterocycles. The number of fused-ring (bicyclic) bond motifs is 5. The Bertz CT molecular complexity index is 1800. The molecule has 13 nitrogen and oxygen atoms in total. The molecule has 2 amide bonds. The monoisotopic (exact) mass is 789 g/mol. The zero-order chi connectivity index (χ0) is 37.4. The van der Waals surface area contributed by atoms with Crippen LogP contribution in [0.1, 0.15) is 51.2 Å². The maximum Gasteiger partial charge on any atom is 0.412 e. The highest BCUT2D eigenvalue weighted by molar-refractivity contribution is 9.10. The van der Waals surface area contributed by atoms with Crippen LogP contribution in [0.15, 0.2) is 58.6 Å². The van der Waals surface area contributed by atoms with E-state index in [0.29, 0.717) is 17.1 Å². The number of anilines is 2. The van der Waals surface area contributed by atoms with E-state index < -0.39 is 64.4 Å². The van der Waals surface area contributed by atoms with Crippen molar-refractivity contribution in [2.45, 2.75) is 89.0 Å². The van der Waals surface area contributed by atoms with Gasteiger partial charge in [-0.15, -0.1) is 0 Å². The third kappa shape index (κ3) is 8.30. The van der Waals surface area contributed by atoms with Gasteiger partial charge in [-0.3, -0.25) is 25.0 Å². The average Bonchev–Trinajstić information content (AvgIpc) is 3.74. The Morgan fingerprint density at radius 1 is 1.24 bits per heavy atom. The van der Waals surface area contributed by atoms with Crippen molar-refractivity contribution in [3.8, 4) is 0 Å². The number of carbonyl (C=O) groups excluding carboxylic acids is 3. The molecule has 2 aromatic rings. The number of benzene rings is 2. The number of allylic oxidation sites excluding steroid dienone is 3. The molecule has 3 aliphatic heterocycles. The van der Waals surface area contributed by atoms with Gasteiger partial charge in [0.25, 0.3) is 5.69 Å². The van der Waals surface area contributed by atoms with Gasteiger partial charge >= 0.3 is 12.1 Å². The molecule has 2 saturated heterocycles. The molecule has 3 heterocycles. The van der Waals surface area contributed by atoms with Gasteiger partial charge in [0.2, 0.25) is 5.91 Å². The third-order valence-electron chi connectivity index (χ3n) is 9.84. The standard InChI is InChI=1S/C36H41BrClN3O10/c1-19-8-7-9-28(48-6)36(45)17-27(49-31(43)18-36)21(3)33-35(4,51-33)29(50-34(44)39-23-10-11-25(41(46)47)24(37)15-23)16-30(42)40(5)26-14-22(12-19)13-20(2)32(26)38/h7-11,13-15,21,27-29,33,45H,12,16-18H2,1-6H3,(H,39,44)/b9-7+,19-8+/t21-,27+,28-,29+,33+,35+,36-/m1/s1. The highest BCUT2D eigenvalue weighted by Gasteiger charge is 2.64. The molecule has 15 heteroatoms. The molecule has 0 aliphatic carbocycles. The number of rotatable bonds is 4. The first-order valence-electron chi connectivity index (χ1n) is 16.4. The van der Waals surface area contributed by atoms with Gasteiger partial charge in [-0.2, -0.15) is 0 Å². The van der Waals surface area contributed by atoms with Crippen LogP contribution < -0.4 is 10.2 Å². The Balaban J connectivity index is 1.51. The summed E-state index contributed by atoms with van der Waals surface area (Å²) in [6.07, 6.45) is 1.05. The average molecular weight is 791 g/mol. The summed E-state index contributed by atoms with van der Waals surface area (Å²) in [6.45, 7) is 7.31. The number of nitrogens with one attached hydrogen (secondary N) is 1. The summed E-state index contributed by atoms with van der Waals surface area (Å²) in [5.74, 6) is -1.51. The number of carbonyl (C=O) groups is 3. The van der Waals surface area contributed by atoms with Crippen LogP contribution in [0.2, 0.25) is 5.02 Å². The van der Waals surface area contributed by atoms with Crippen molar-refractivity contribution < 1.29 is 43.4 Å². The summed E-state index contributed by atoms with van der Waals surface area (Å²) in [4.78, 5) is 52.3. The number of ether oxygens (including phenoxy) is 4. The number of hydrogen-bond acceptors (Lipinski definition) is 10. The number of amides is 2. The molecule has 4 bridgehead atoms. The molecule has 2 N–H and O–H groups in total. The van der Waals surface area contributed by atoms with Gasteiger partial charge < -0.3 is 29.0 Å². The van der Waals surface area contributed by atoms with E-state index >= 15 is 0 Å². The summed E-state index contributed by atoms with van der Waals surface area (Å²) in [5, 5.41) is 26.0. The topological polar surface area (TPSA) is 170 Å². The van der Waals surface area contributed by atoms with Crippen LogP contribution in [-0.4, -0.2) is 77.8 Å². The maximum absolute atomic E-state index is 14.0. The van der Waals surface area contributed by atoms with Crippen molar-refractivity contribution in [2.24, 2.45) is 5.92 Å². The quantitative estimate of drug-likeness (QED) is 0.149. The van der Waals surface area contributed by atoms with E-state index in [9.17, 15) is 29.6 Å². The molecule has 7 atom stereocenters. The number of methoxy groups -OCH3 is 1. The summed E-state index contributed by atoms with van der Waals surface area (Å²) >= 11 is 9.88. The van der Waals surface area contributed by atoms with Gasteiger partial charge in [-0.25, -0.2) is 4.79 Å². The summed E-state index contributed by atoms with van der Waals surface area (Å²) in [7, 11) is 3.06. The minimum atomic E-state index is -1.58. The van der Waals surface area contributed by atoms with E-state index in [4.69, 9.17) is 30.5 Å². The van der Waals surface area contributed by atoms with Gasteiger partial charge in [0.1, 0.15) is 29.5 Å². The van der Waals surface area contributed by atoms with E-state index in [2.05, 4.69) is 21.2 Å². The van der Waals surface area contributed by atoms with E-state index in [1.165, 1.54) is 30.2 Å². The number of nitro benzene ring substituents is 1. The molecule has 0 spiro atoms. The molecule has 0 unspecified atom stereocenters. The molecule has 3 aliphatic rings. The Hall–Kier alpha value is -3.82. The van der Waals surface area contributed by atoms with E-state index in [1.54, 1.807) is 33.0 Å². The lowest BCUT2D eigenvalue weighted by atomic mass is 9.78. The number of epoxide rings is 1. The molecule has 5 rings (SSSR count). The van der Waals surface area contributed by atoms with Crippen LogP contribution in [0, 0.1) is 23.0 Å². The Morgan fingerprint density at radius 3 is 2.63 bits per heavy atom. The largest absolute Gasteiger partial charge is 0.462 e. The molecular weight excluding hydrogens is 750 g/mol. The zero-order valence-corrected chi connectivity index (χ0v) is 31.4. The minimum absolute atomic E-state index is 0.0493. The first kappa shape index (κ1) is 38.4. The number of aliphatic hydroxyl groups is 1. The van der Waals surface area contributed by atoms with Crippen LogP contribution in [0.3, 0.4) is 0 Å². The van der Waals surface area contributed by atoms with Gasteiger partial charge in [0.15, 0.2) is 0 Å². The number of esters is 1. The minimum Gasteiger partial charge on any atom is -0.462 e. The Kier molecular flexibility index (Phi) is 11.3. The molecule has 51 heavy (non-hydrogen) atoms. The van der Waals surface area contributed by atoms with Crippen LogP contribution in [0.25, 0.3) is 0 Å². The van der Waals surface area contributed by atoms with Crippen molar-refractivity contribution in [3.05, 3.63) is 84.9 Å². The van der Waals surface area contributed by atoms with Gasteiger partial charge in [0.05, 0.1) is 39.1 Å². The predicted octanol–water partition coefficient (Wildman–Crippen LogP) is 6.59. The van der Waals surface area contributed by atoms with E-state index in [0.717, 1.165) is 16.7 Å². The van der Waals surface area contributed by atoms with Crippen LogP contribution in [-0.2, 0) is 35.0 Å². The molecule has 0 radical (unpaired) electrons. The Morgan fingerprint density at radius 2 is 1.96 bits per heavy atom. The molecular formula is C36H41BrClN3O10. The van der Waals surface area contributed by atoms with E-state index in [1.807, 2.05) is 32.1 Å². The van der Waals surface area contributed by atoms with Crippen molar-refractivity contribution in [2.75, 3.05) is 24.4 Å². The second-order valence-electron chi connectivity index (χ2n) is 13.7. The van der Waals surface area contributed by atoms with Gasteiger partial charge in [-0.1, -0.05) is 48.4 Å². The SMILES string of the molecule is CO[C@@H]1/C=C/C=C(\C)Cc2cc(C)c(Cl)c(c2)N(C)C(=O)C[C@H](OC(=O)Nc2ccc([N+](=O)[O-])c(Br)c2)[C@]2(C)O[C@H]2[C@H](C)[C@@H]2C[C@@]1(O)CC(=O)O2. The van der Waals surface area contributed by atoms with Crippen molar-refractivity contribution in [3.63, 3.8) is 0 Å². The van der Waals surface area contributed by atoms with Gasteiger partial charge in [-0.05, 0) is 72.4 Å². The number of nitro groups is 1. The summed E-state index contributed by atoms with van der Waals surface area (Å²) < 4.78 is 23.7. The summed E-state index contributed by atoms with van der Waals surface area (Å²) in [5.41, 5.74) is 0.358. The zero-order valence-electron chi connectivity index (χ0n) is 29.1. The van der Waals surface area contributed by atoms with Crippen LogP contribution >= 0.6 is 27.5 Å². The molecule has 274 valence electrons. The van der Waals surface area contributed by atoms with Crippen molar-refractivity contribution in [1.82, 2.24) is 0 Å². The van der Waals surface area contributed by atoms with E-state index in [-0.39, 0.29) is 35.1 Å². The van der Waals surface area contributed by atoms with Crippen molar-refractivity contribution >= 4 is 62.6 Å². The number of aryl methyl sites for hydroxylation is 1. The number of nitrogens with zero attached hydrogens (tertiary/aromatic N) is 2. The first-order chi connectivity index (χ1) is 23.9. The fourth-order valence-corrected chi connectivity index (χ4v) is 7.66. The second kappa shape index (κ2) is 15.0. The number of hydrogen-bond donors (Lipinski definition) is 2. The molecule has 0 saturated carbocycles. The highest BCUT2D eigenvalue weighted by Crippen LogP contribution is 2.49. The fourth-order valence-electron chi connectivity index (χ4n) is 6.90. The Labute approximate surface area is 309 Å². The van der Waals surface area contributed by atoms with Crippen LogP contribution in [0.5, 0.6) is 0 Å². The summed E-state index contributed by atoms with van der Waals surface area (Å²) in [6, 6.07) is 7.72.